The average Bonchev–Trinajstić information content (AvgIpc) is 3.04. The Hall–Kier alpha value is -0.120. The van der Waals surface area contributed by atoms with E-state index >= 15 is 0 Å². The molecule has 3 aliphatic carbocycles. The van der Waals surface area contributed by atoms with Gasteiger partial charge in [0.1, 0.15) is 6.10 Å². The summed E-state index contributed by atoms with van der Waals surface area (Å²) in [6, 6.07) is 0. The molecule has 2 heterocycles. The molecule has 0 amide bonds. The minimum Gasteiger partial charge on any atom is -0.372 e. The van der Waals surface area contributed by atoms with Crippen LogP contribution < -0.4 is 0 Å². The Morgan fingerprint density at radius 2 is 1.74 bits per heavy atom. The molecule has 0 radical (unpaired) electrons. The molecule has 0 N–H and O–H groups in total. The van der Waals surface area contributed by atoms with Crippen molar-refractivity contribution in [1.82, 2.24) is 0 Å². The number of hydrogen-bond donors (Lipinski definition) is 0. The molecule has 2 aliphatic heterocycles. The van der Waals surface area contributed by atoms with Crippen LogP contribution in [0.25, 0.3) is 0 Å². The van der Waals surface area contributed by atoms with Crippen LogP contribution in [-0.2, 0) is 14.2 Å². The zero-order valence-electron chi connectivity index (χ0n) is 14.6. The molecule has 3 saturated carbocycles. The quantitative estimate of drug-likeness (QED) is 0.745. The third-order valence-electron chi connectivity index (χ3n) is 7.53. The van der Waals surface area contributed by atoms with Crippen LogP contribution in [0, 0.1) is 11.3 Å². The van der Waals surface area contributed by atoms with Crippen molar-refractivity contribution in [2.75, 3.05) is 0 Å². The largest absolute Gasteiger partial charge is 0.372 e. The summed E-state index contributed by atoms with van der Waals surface area (Å²) < 4.78 is 19.7. The van der Waals surface area contributed by atoms with Crippen molar-refractivity contribution in [2.45, 2.75) is 114 Å². The first-order valence-electron chi connectivity index (χ1n) is 10.2. The summed E-state index contributed by atoms with van der Waals surface area (Å²) in [5, 5.41) is 0. The predicted molar refractivity (Wildman–Crippen MR) is 88.1 cm³/mol. The summed E-state index contributed by atoms with van der Waals surface area (Å²) in [6.45, 7) is 2.33. The smallest absolute Gasteiger partial charge is 0.169 e. The van der Waals surface area contributed by atoms with Crippen molar-refractivity contribution in [1.29, 1.82) is 0 Å². The first-order chi connectivity index (χ1) is 11.2. The molecule has 0 aromatic rings. The molecule has 2 bridgehead atoms. The minimum absolute atomic E-state index is 0.217. The molecule has 3 heteroatoms. The lowest BCUT2D eigenvalue weighted by Crippen LogP contribution is -2.46. The Bertz CT molecular complexity index is 458. The second-order valence-electron chi connectivity index (χ2n) is 9.08. The van der Waals surface area contributed by atoms with Crippen LogP contribution in [0.1, 0.15) is 84.0 Å². The maximum atomic E-state index is 6.61. The first-order valence-corrected chi connectivity index (χ1v) is 10.2. The van der Waals surface area contributed by atoms with Gasteiger partial charge < -0.3 is 14.2 Å². The Morgan fingerprint density at radius 1 is 0.913 bits per heavy atom. The molecule has 2 spiro atoms. The average molecular weight is 320 g/mol. The third-order valence-corrected chi connectivity index (χ3v) is 7.53. The fourth-order valence-corrected chi connectivity index (χ4v) is 6.63. The maximum absolute atomic E-state index is 6.61. The van der Waals surface area contributed by atoms with Gasteiger partial charge in [0, 0.05) is 18.3 Å². The van der Waals surface area contributed by atoms with Crippen molar-refractivity contribution >= 4 is 0 Å². The Labute approximate surface area is 140 Å². The summed E-state index contributed by atoms with van der Waals surface area (Å²) >= 11 is 0. The minimum atomic E-state index is -0.245. The fraction of sp³-hybridized carbons (Fsp3) is 1.00. The van der Waals surface area contributed by atoms with E-state index in [0.717, 1.165) is 18.8 Å². The van der Waals surface area contributed by atoms with Crippen LogP contribution in [-0.4, -0.2) is 30.2 Å². The van der Waals surface area contributed by atoms with E-state index in [-0.39, 0.29) is 11.9 Å². The number of hydrogen-bond acceptors (Lipinski definition) is 3. The lowest BCUT2D eigenvalue weighted by atomic mass is 9.60. The highest BCUT2D eigenvalue weighted by atomic mass is 16.8. The van der Waals surface area contributed by atoms with Gasteiger partial charge in [-0.25, -0.2) is 0 Å². The topological polar surface area (TPSA) is 27.7 Å². The normalized spacial score (nSPS) is 50.7. The van der Waals surface area contributed by atoms with Crippen molar-refractivity contribution < 1.29 is 14.2 Å². The second kappa shape index (κ2) is 5.44. The monoisotopic (exact) mass is 320 g/mol. The van der Waals surface area contributed by atoms with Crippen molar-refractivity contribution in [3.8, 4) is 0 Å². The summed E-state index contributed by atoms with van der Waals surface area (Å²) in [5.74, 6) is 0.673. The lowest BCUT2D eigenvalue weighted by molar-refractivity contribution is -0.205. The van der Waals surface area contributed by atoms with Gasteiger partial charge in [-0.2, -0.15) is 0 Å². The molecule has 5 rings (SSSR count). The molecule has 6 atom stereocenters. The van der Waals surface area contributed by atoms with E-state index in [9.17, 15) is 0 Å². The van der Waals surface area contributed by atoms with E-state index in [0.29, 0.717) is 23.7 Å². The Balaban J connectivity index is 1.36. The molecule has 5 aliphatic rings. The van der Waals surface area contributed by atoms with Gasteiger partial charge in [-0.15, -0.1) is 0 Å². The molecular formula is C20H32O3. The van der Waals surface area contributed by atoms with Crippen molar-refractivity contribution in [3.63, 3.8) is 0 Å². The third kappa shape index (κ3) is 2.33. The molecular weight excluding hydrogens is 288 g/mol. The van der Waals surface area contributed by atoms with Gasteiger partial charge >= 0.3 is 0 Å². The van der Waals surface area contributed by atoms with Gasteiger partial charge in [-0.3, -0.25) is 0 Å². The number of fused-ring (bicyclic) bond motifs is 3. The molecule has 130 valence electrons. The van der Waals surface area contributed by atoms with Crippen LogP contribution in [0.3, 0.4) is 0 Å². The first kappa shape index (κ1) is 15.2. The maximum Gasteiger partial charge on any atom is 0.169 e. The molecule has 2 saturated heterocycles. The van der Waals surface area contributed by atoms with E-state index in [1.807, 2.05) is 0 Å². The standard InChI is InChI=1S/C20H32O3/c1-2-6-14-7-8-17-19(11-14)12-15(21-17)18-16(13-19)22-20(23-18)9-4-3-5-10-20/h14-18H,2-13H2,1H3/t14-,15+,16+,17-,18?,19-/m0/s1. The SMILES string of the molecule is CCC[C@H]1CC[C@@H]2O[C@@H]3C[C@@]2(C1)C[C@H]1OC2(CCCCC2)OC31. The molecule has 1 unspecified atom stereocenters. The molecule has 3 nitrogen and oxygen atoms in total. The van der Waals surface area contributed by atoms with Crippen molar-refractivity contribution in [2.24, 2.45) is 11.3 Å². The van der Waals surface area contributed by atoms with E-state index in [1.54, 1.807) is 0 Å². The van der Waals surface area contributed by atoms with Crippen molar-refractivity contribution in [3.05, 3.63) is 0 Å². The van der Waals surface area contributed by atoms with Gasteiger partial charge in [0.15, 0.2) is 5.79 Å². The zero-order valence-corrected chi connectivity index (χ0v) is 14.6. The van der Waals surface area contributed by atoms with Gasteiger partial charge in [-0.05, 0) is 50.9 Å². The highest BCUT2D eigenvalue weighted by Crippen LogP contribution is 2.60. The van der Waals surface area contributed by atoms with Crippen LogP contribution in [0.15, 0.2) is 0 Å². The van der Waals surface area contributed by atoms with E-state index in [4.69, 9.17) is 14.2 Å². The molecule has 5 fully saturated rings. The lowest BCUT2D eigenvalue weighted by Gasteiger charge is -2.44. The summed E-state index contributed by atoms with van der Waals surface area (Å²) in [4.78, 5) is 0. The molecule has 0 aromatic carbocycles. The summed E-state index contributed by atoms with van der Waals surface area (Å²) in [7, 11) is 0. The van der Waals surface area contributed by atoms with Gasteiger partial charge in [0.2, 0.25) is 0 Å². The summed E-state index contributed by atoms with van der Waals surface area (Å²) in [5.41, 5.74) is 0.410. The van der Waals surface area contributed by atoms with Crippen LogP contribution >= 0.6 is 0 Å². The highest BCUT2D eigenvalue weighted by Gasteiger charge is 2.64. The summed E-state index contributed by atoms with van der Waals surface area (Å²) in [6.07, 6.45) is 16.5. The van der Waals surface area contributed by atoms with Gasteiger partial charge in [0.05, 0.1) is 18.3 Å². The molecule has 0 aromatic heterocycles. The van der Waals surface area contributed by atoms with Crippen LogP contribution in [0.2, 0.25) is 0 Å². The number of ether oxygens (including phenoxy) is 3. The van der Waals surface area contributed by atoms with Crippen LogP contribution in [0.5, 0.6) is 0 Å². The Kier molecular flexibility index (Phi) is 3.58. The zero-order chi connectivity index (χ0) is 15.5. The fourth-order valence-electron chi connectivity index (χ4n) is 6.63. The number of rotatable bonds is 2. The van der Waals surface area contributed by atoms with Gasteiger partial charge in [-0.1, -0.05) is 26.2 Å². The van der Waals surface area contributed by atoms with E-state index in [1.165, 1.54) is 64.2 Å². The molecule has 23 heavy (non-hydrogen) atoms. The van der Waals surface area contributed by atoms with E-state index < -0.39 is 0 Å². The Morgan fingerprint density at radius 3 is 2.57 bits per heavy atom. The second-order valence-corrected chi connectivity index (χ2v) is 9.08. The van der Waals surface area contributed by atoms with Crippen LogP contribution in [0.4, 0.5) is 0 Å². The van der Waals surface area contributed by atoms with E-state index in [2.05, 4.69) is 6.92 Å². The highest BCUT2D eigenvalue weighted by molar-refractivity contribution is 5.10. The van der Waals surface area contributed by atoms with Gasteiger partial charge in [0.25, 0.3) is 0 Å². The predicted octanol–water partition coefficient (Wildman–Crippen LogP) is 4.58.